The van der Waals surface area contributed by atoms with Gasteiger partial charge >= 0.3 is 0 Å². The Kier molecular flexibility index (Phi) is 1.83. The molecule has 2 aromatic heterocycles. The fraction of sp³-hybridized carbons (Fsp3) is 0.111. The second kappa shape index (κ2) is 2.99. The van der Waals surface area contributed by atoms with Crippen LogP contribution in [0.25, 0.3) is 10.8 Å². The van der Waals surface area contributed by atoms with E-state index in [1.165, 1.54) is 0 Å². The van der Waals surface area contributed by atoms with Gasteiger partial charge in [0.15, 0.2) is 0 Å². The first kappa shape index (κ1) is 7.94. The summed E-state index contributed by atoms with van der Waals surface area (Å²) in [5.74, 6) is 6.04. The van der Waals surface area contributed by atoms with Crippen molar-refractivity contribution in [3.63, 3.8) is 0 Å². The molecule has 3 N–H and O–H groups in total. The number of hydrazine groups is 1. The van der Waals surface area contributed by atoms with E-state index in [-0.39, 0.29) is 0 Å². The second-order valence-corrected chi connectivity index (χ2v) is 2.85. The summed E-state index contributed by atoms with van der Waals surface area (Å²) in [6.07, 6.45) is 3.52. The van der Waals surface area contributed by atoms with Crippen LogP contribution < -0.4 is 11.3 Å². The molecule has 0 aliphatic heterocycles. The molecule has 13 heavy (non-hydrogen) atoms. The molecular formula is C9H10N4. The highest BCUT2D eigenvalue weighted by molar-refractivity contribution is 5.91. The maximum atomic E-state index is 5.35. The van der Waals surface area contributed by atoms with Gasteiger partial charge in [-0.25, -0.2) is 10.8 Å². The zero-order valence-corrected chi connectivity index (χ0v) is 7.28. The lowest BCUT2D eigenvalue weighted by Crippen LogP contribution is -2.09. The predicted molar refractivity (Wildman–Crippen MR) is 52.1 cm³/mol. The normalized spacial score (nSPS) is 10.3. The molecule has 0 spiro atoms. The number of hydrogen-bond donors (Lipinski definition) is 2. The van der Waals surface area contributed by atoms with Crippen molar-refractivity contribution in [2.75, 3.05) is 5.43 Å². The maximum Gasteiger partial charge on any atom is 0.148 e. The van der Waals surface area contributed by atoms with E-state index in [4.69, 9.17) is 5.84 Å². The number of nitrogens with zero attached hydrogens (tertiary/aromatic N) is 2. The minimum absolute atomic E-state index is 0.692. The average Bonchev–Trinajstić information content (AvgIpc) is 2.16. The summed E-state index contributed by atoms with van der Waals surface area (Å²) in [7, 11) is 0. The first-order chi connectivity index (χ1) is 6.31. The Morgan fingerprint density at radius 3 is 3.08 bits per heavy atom. The highest BCUT2D eigenvalue weighted by atomic mass is 15.2. The minimum Gasteiger partial charge on any atom is -0.308 e. The summed E-state index contributed by atoms with van der Waals surface area (Å²) in [5, 5.41) is 2.03. The molecule has 0 fully saturated rings. The number of anilines is 1. The van der Waals surface area contributed by atoms with Crippen LogP contribution in [0, 0.1) is 6.92 Å². The Balaban J connectivity index is 2.81. The SMILES string of the molecule is Cc1cc2cnccc2c(NN)n1. The van der Waals surface area contributed by atoms with Gasteiger partial charge in [0.1, 0.15) is 5.82 Å². The molecule has 4 heteroatoms. The summed E-state index contributed by atoms with van der Waals surface area (Å²) < 4.78 is 0. The molecule has 66 valence electrons. The van der Waals surface area contributed by atoms with Crippen molar-refractivity contribution in [2.45, 2.75) is 6.92 Å². The number of pyridine rings is 2. The molecule has 2 aromatic rings. The maximum absolute atomic E-state index is 5.35. The first-order valence-corrected chi connectivity index (χ1v) is 3.99. The van der Waals surface area contributed by atoms with E-state index in [0.717, 1.165) is 16.5 Å². The van der Waals surface area contributed by atoms with Crippen LogP contribution in [0.5, 0.6) is 0 Å². The van der Waals surface area contributed by atoms with Crippen LogP contribution >= 0.6 is 0 Å². The molecule has 0 bridgehead atoms. The third kappa shape index (κ3) is 1.31. The van der Waals surface area contributed by atoms with Crippen molar-refractivity contribution >= 4 is 16.6 Å². The molecule has 2 rings (SSSR count). The molecule has 0 unspecified atom stereocenters. The van der Waals surface area contributed by atoms with Gasteiger partial charge in [0.05, 0.1) is 0 Å². The van der Waals surface area contributed by atoms with Crippen LogP contribution in [-0.4, -0.2) is 9.97 Å². The van der Waals surface area contributed by atoms with Gasteiger partial charge in [0, 0.05) is 28.9 Å². The highest BCUT2D eigenvalue weighted by Gasteiger charge is 2.01. The van der Waals surface area contributed by atoms with Gasteiger partial charge in [-0.1, -0.05) is 0 Å². The van der Waals surface area contributed by atoms with Crippen LogP contribution in [0.15, 0.2) is 24.5 Å². The molecule has 2 heterocycles. The number of aryl methyl sites for hydroxylation is 1. The van der Waals surface area contributed by atoms with Crippen LogP contribution in [-0.2, 0) is 0 Å². The molecule has 0 saturated carbocycles. The molecule has 0 amide bonds. The van der Waals surface area contributed by atoms with Crippen molar-refractivity contribution in [3.05, 3.63) is 30.2 Å². The summed E-state index contributed by atoms with van der Waals surface area (Å²) in [4.78, 5) is 8.29. The largest absolute Gasteiger partial charge is 0.308 e. The first-order valence-electron chi connectivity index (χ1n) is 3.99. The van der Waals surface area contributed by atoms with E-state index >= 15 is 0 Å². The minimum atomic E-state index is 0.692. The number of nitrogens with two attached hydrogens (primary N) is 1. The number of aromatic nitrogens is 2. The monoisotopic (exact) mass is 174 g/mol. The summed E-state index contributed by atoms with van der Waals surface area (Å²) in [6.45, 7) is 1.92. The fourth-order valence-electron chi connectivity index (χ4n) is 1.34. The van der Waals surface area contributed by atoms with E-state index in [1.807, 2.05) is 19.1 Å². The van der Waals surface area contributed by atoms with Crippen molar-refractivity contribution < 1.29 is 0 Å². The average molecular weight is 174 g/mol. The van der Waals surface area contributed by atoms with E-state index in [1.54, 1.807) is 12.4 Å². The smallest absolute Gasteiger partial charge is 0.148 e. The topological polar surface area (TPSA) is 63.8 Å². The number of nitrogens with one attached hydrogen (secondary N) is 1. The van der Waals surface area contributed by atoms with Gasteiger partial charge in [-0.15, -0.1) is 0 Å². The number of fused-ring (bicyclic) bond motifs is 1. The second-order valence-electron chi connectivity index (χ2n) is 2.85. The standard InChI is InChI=1S/C9H10N4/c1-6-4-7-5-11-3-2-8(7)9(12-6)13-10/h2-5H,10H2,1H3,(H,12,13). The lowest BCUT2D eigenvalue weighted by Gasteiger charge is -2.05. The van der Waals surface area contributed by atoms with Gasteiger partial charge < -0.3 is 5.43 Å². The summed E-state index contributed by atoms with van der Waals surface area (Å²) in [6, 6.07) is 3.86. The van der Waals surface area contributed by atoms with Gasteiger partial charge in [-0.05, 0) is 19.1 Å². The zero-order valence-electron chi connectivity index (χ0n) is 7.28. The van der Waals surface area contributed by atoms with Gasteiger partial charge in [-0.3, -0.25) is 4.98 Å². The van der Waals surface area contributed by atoms with Crippen molar-refractivity contribution in [2.24, 2.45) is 5.84 Å². The fourth-order valence-corrected chi connectivity index (χ4v) is 1.34. The predicted octanol–water partition coefficient (Wildman–Crippen LogP) is 1.22. The van der Waals surface area contributed by atoms with E-state index in [2.05, 4.69) is 15.4 Å². The van der Waals surface area contributed by atoms with Crippen molar-refractivity contribution in [1.82, 2.24) is 9.97 Å². The Hall–Kier alpha value is -1.68. The van der Waals surface area contributed by atoms with E-state index in [9.17, 15) is 0 Å². The quantitative estimate of drug-likeness (QED) is 0.504. The van der Waals surface area contributed by atoms with Crippen LogP contribution in [0.1, 0.15) is 5.69 Å². The molecule has 0 aromatic carbocycles. The van der Waals surface area contributed by atoms with Crippen LogP contribution in [0.2, 0.25) is 0 Å². The summed E-state index contributed by atoms with van der Waals surface area (Å²) >= 11 is 0. The lowest BCUT2D eigenvalue weighted by atomic mass is 10.2. The number of nitrogen functional groups attached to an aromatic ring is 1. The van der Waals surface area contributed by atoms with Gasteiger partial charge in [0.2, 0.25) is 0 Å². The Morgan fingerprint density at radius 1 is 1.46 bits per heavy atom. The third-order valence-corrected chi connectivity index (χ3v) is 1.90. The van der Waals surface area contributed by atoms with Gasteiger partial charge in [0.25, 0.3) is 0 Å². The Labute approximate surface area is 75.8 Å². The van der Waals surface area contributed by atoms with Crippen LogP contribution in [0.3, 0.4) is 0 Å². The molecular weight excluding hydrogens is 164 g/mol. The Bertz CT molecular complexity index is 439. The molecule has 0 atom stereocenters. The van der Waals surface area contributed by atoms with E-state index < -0.39 is 0 Å². The molecule has 4 nitrogen and oxygen atoms in total. The molecule has 0 aliphatic carbocycles. The number of hydrogen-bond acceptors (Lipinski definition) is 4. The van der Waals surface area contributed by atoms with Crippen molar-refractivity contribution in [3.8, 4) is 0 Å². The zero-order chi connectivity index (χ0) is 9.26. The highest BCUT2D eigenvalue weighted by Crippen LogP contribution is 2.19. The van der Waals surface area contributed by atoms with Gasteiger partial charge in [-0.2, -0.15) is 0 Å². The Morgan fingerprint density at radius 2 is 2.31 bits per heavy atom. The number of rotatable bonds is 1. The molecule has 0 radical (unpaired) electrons. The third-order valence-electron chi connectivity index (χ3n) is 1.90. The van der Waals surface area contributed by atoms with E-state index in [0.29, 0.717) is 5.82 Å². The summed E-state index contributed by atoms with van der Waals surface area (Å²) in [5.41, 5.74) is 3.50. The van der Waals surface area contributed by atoms with Crippen LogP contribution in [0.4, 0.5) is 5.82 Å². The molecule has 0 aliphatic rings. The molecule has 0 saturated heterocycles. The lowest BCUT2D eigenvalue weighted by molar-refractivity contribution is 1.18. The van der Waals surface area contributed by atoms with Crippen molar-refractivity contribution in [1.29, 1.82) is 0 Å².